The number of nitrogens with zero attached hydrogens (tertiary/aromatic N) is 1. The van der Waals surface area contributed by atoms with E-state index in [-0.39, 0.29) is 6.04 Å². The summed E-state index contributed by atoms with van der Waals surface area (Å²) in [5.41, 5.74) is 0. The summed E-state index contributed by atoms with van der Waals surface area (Å²) < 4.78 is 22.6. The van der Waals surface area contributed by atoms with Gasteiger partial charge < -0.3 is 10.2 Å². The molecule has 0 amide bonds. The van der Waals surface area contributed by atoms with Crippen molar-refractivity contribution in [2.75, 3.05) is 31.6 Å². The van der Waals surface area contributed by atoms with Crippen molar-refractivity contribution < 1.29 is 8.42 Å². The zero-order valence-electron chi connectivity index (χ0n) is 11.3. The molecule has 1 saturated heterocycles. The van der Waals surface area contributed by atoms with E-state index in [0.29, 0.717) is 17.5 Å². The van der Waals surface area contributed by atoms with Crippen molar-refractivity contribution in [1.82, 2.24) is 10.2 Å². The van der Waals surface area contributed by atoms with Crippen LogP contribution in [0.15, 0.2) is 0 Å². The fraction of sp³-hybridized carbons (Fsp3) is 1.00. The quantitative estimate of drug-likeness (QED) is 0.740. The molecule has 1 heterocycles. The molecule has 1 rings (SSSR count). The van der Waals surface area contributed by atoms with Crippen LogP contribution in [0.4, 0.5) is 0 Å². The van der Waals surface area contributed by atoms with Crippen LogP contribution in [0.1, 0.15) is 33.1 Å². The summed E-state index contributed by atoms with van der Waals surface area (Å²) in [7, 11) is -0.604. The largest absolute Gasteiger partial charge is 0.312 e. The second-order valence-electron chi connectivity index (χ2n) is 5.01. The van der Waals surface area contributed by atoms with Gasteiger partial charge in [0.15, 0.2) is 9.84 Å². The highest BCUT2D eigenvalue weighted by Gasteiger charge is 2.27. The molecule has 1 aliphatic heterocycles. The summed E-state index contributed by atoms with van der Waals surface area (Å²) in [6.45, 7) is 6.29. The van der Waals surface area contributed by atoms with Crippen molar-refractivity contribution in [2.24, 2.45) is 0 Å². The molecule has 17 heavy (non-hydrogen) atoms. The van der Waals surface area contributed by atoms with Crippen LogP contribution in [-0.2, 0) is 9.84 Å². The molecule has 0 saturated carbocycles. The zero-order chi connectivity index (χ0) is 12.9. The Morgan fingerprint density at radius 3 is 2.47 bits per heavy atom. The third-order valence-corrected chi connectivity index (χ3v) is 5.46. The number of sulfone groups is 1. The van der Waals surface area contributed by atoms with Gasteiger partial charge >= 0.3 is 0 Å². The lowest BCUT2D eigenvalue weighted by Gasteiger charge is -2.26. The Morgan fingerprint density at radius 1 is 1.35 bits per heavy atom. The Bertz CT molecular complexity index is 312. The lowest BCUT2D eigenvalue weighted by Crippen LogP contribution is -2.40. The van der Waals surface area contributed by atoms with Gasteiger partial charge in [0.25, 0.3) is 0 Å². The van der Waals surface area contributed by atoms with Gasteiger partial charge in [0, 0.05) is 25.2 Å². The summed E-state index contributed by atoms with van der Waals surface area (Å²) >= 11 is 0. The van der Waals surface area contributed by atoms with Gasteiger partial charge in [0.05, 0.1) is 11.5 Å². The minimum Gasteiger partial charge on any atom is -0.312 e. The van der Waals surface area contributed by atoms with Crippen LogP contribution >= 0.6 is 0 Å². The number of rotatable bonds is 7. The second kappa shape index (κ2) is 6.71. The van der Waals surface area contributed by atoms with E-state index in [1.54, 1.807) is 0 Å². The van der Waals surface area contributed by atoms with Gasteiger partial charge in [-0.15, -0.1) is 0 Å². The average Bonchev–Trinajstić information content (AvgIpc) is 2.60. The molecule has 0 bridgehead atoms. The van der Waals surface area contributed by atoms with Crippen molar-refractivity contribution in [2.45, 2.75) is 45.2 Å². The minimum absolute atomic E-state index is 0.176. The van der Waals surface area contributed by atoms with Crippen LogP contribution in [0.2, 0.25) is 0 Å². The van der Waals surface area contributed by atoms with Crippen LogP contribution in [0.3, 0.4) is 0 Å². The lowest BCUT2D eigenvalue weighted by molar-refractivity contribution is 0.228. The van der Waals surface area contributed by atoms with Gasteiger partial charge in [-0.1, -0.05) is 13.8 Å². The van der Waals surface area contributed by atoms with Crippen LogP contribution < -0.4 is 5.32 Å². The van der Waals surface area contributed by atoms with E-state index >= 15 is 0 Å². The number of hydrogen-bond donors (Lipinski definition) is 1. The number of nitrogens with one attached hydrogen (secondary N) is 1. The number of likely N-dealkylation sites (N-methyl/N-ethyl adjacent to an activating group) is 1. The van der Waals surface area contributed by atoms with E-state index in [0.717, 1.165) is 19.5 Å². The molecule has 0 radical (unpaired) electrons. The molecule has 1 atom stereocenters. The third kappa shape index (κ3) is 4.94. The van der Waals surface area contributed by atoms with E-state index in [9.17, 15) is 8.42 Å². The Labute approximate surface area is 106 Å². The molecule has 1 fully saturated rings. The molecule has 102 valence electrons. The first-order valence-electron chi connectivity index (χ1n) is 6.62. The first-order chi connectivity index (χ1) is 7.98. The minimum atomic E-state index is -2.75. The molecule has 1 aliphatic rings. The van der Waals surface area contributed by atoms with Crippen molar-refractivity contribution in [3.8, 4) is 0 Å². The van der Waals surface area contributed by atoms with Crippen LogP contribution in [0, 0.1) is 0 Å². The third-order valence-electron chi connectivity index (χ3n) is 3.70. The highest BCUT2D eigenvalue weighted by atomic mass is 32.2. The maximum Gasteiger partial charge on any atom is 0.151 e. The second-order valence-corrected chi connectivity index (χ2v) is 7.23. The summed E-state index contributed by atoms with van der Waals surface area (Å²) in [6.07, 6.45) is 3.12. The van der Waals surface area contributed by atoms with E-state index in [1.807, 2.05) is 0 Å². The maximum atomic E-state index is 11.3. The molecule has 5 heteroatoms. The molecule has 4 nitrogen and oxygen atoms in total. The smallest absolute Gasteiger partial charge is 0.151 e. The molecular formula is C12H26N2O2S. The summed E-state index contributed by atoms with van der Waals surface area (Å²) in [6, 6.07) is 0.819. The SMILES string of the molecule is CCC(CC)N(C)CCNC1CCS(=O)(=O)C1. The molecule has 0 spiro atoms. The predicted octanol–water partition coefficient (Wildman–Crippen LogP) is 0.884. The van der Waals surface area contributed by atoms with Crippen molar-refractivity contribution in [3.05, 3.63) is 0 Å². The average molecular weight is 262 g/mol. The van der Waals surface area contributed by atoms with Crippen molar-refractivity contribution >= 4 is 9.84 Å². The Hall–Kier alpha value is -0.130. The Balaban J connectivity index is 2.20. The first kappa shape index (κ1) is 14.9. The zero-order valence-corrected chi connectivity index (χ0v) is 12.1. The van der Waals surface area contributed by atoms with Gasteiger partial charge in [-0.2, -0.15) is 0 Å². The van der Waals surface area contributed by atoms with E-state index in [4.69, 9.17) is 0 Å². The van der Waals surface area contributed by atoms with Gasteiger partial charge in [-0.05, 0) is 26.3 Å². The molecule has 0 aromatic carbocycles. The number of hydrogen-bond acceptors (Lipinski definition) is 4. The van der Waals surface area contributed by atoms with Gasteiger partial charge in [0.1, 0.15) is 0 Å². The van der Waals surface area contributed by atoms with Crippen molar-refractivity contribution in [3.63, 3.8) is 0 Å². The van der Waals surface area contributed by atoms with Gasteiger partial charge in [-0.3, -0.25) is 0 Å². The normalized spacial score (nSPS) is 23.7. The summed E-state index contributed by atoms with van der Waals surface area (Å²) in [5.74, 6) is 0.675. The van der Waals surface area contributed by atoms with Gasteiger partial charge in [-0.25, -0.2) is 8.42 Å². The fourth-order valence-corrected chi connectivity index (χ4v) is 4.20. The first-order valence-corrected chi connectivity index (χ1v) is 8.44. The Kier molecular flexibility index (Phi) is 5.89. The molecule has 0 aliphatic carbocycles. The fourth-order valence-electron chi connectivity index (χ4n) is 2.50. The van der Waals surface area contributed by atoms with Crippen molar-refractivity contribution in [1.29, 1.82) is 0 Å². The van der Waals surface area contributed by atoms with Crippen LogP contribution in [-0.4, -0.2) is 57.0 Å². The molecule has 0 aromatic rings. The van der Waals surface area contributed by atoms with E-state index < -0.39 is 9.84 Å². The molecular weight excluding hydrogens is 236 g/mol. The molecule has 1 N–H and O–H groups in total. The lowest BCUT2D eigenvalue weighted by atomic mass is 10.1. The maximum absolute atomic E-state index is 11.3. The molecule has 0 aromatic heterocycles. The summed E-state index contributed by atoms with van der Waals surface area (Å²) in [4.78, 5) is 2.36. The standard InChI is InChI=1S/C12H26N2O2S/c1-4-12(5-2)14(3)8-7-13-11-6-9-17(15,16)10-11/h11-13H,4-10H2,1-3H3. The highest BCUT2D eigenvalue weighted by Crippen LogP contribution is 2.11. The van der Waals surface area contributed by atoms with Crippen LogP contribution in [0.25, 0.3) is 0 Å². The Morgan fingerprint density at radius 2 is 2.00 bits per heavy atom. The summed E-state index contributed by atoms with van der Waals surface area (Å²) in [5, 5.41) is 3.35. The molecule has 1 unspecified atom stereocenters. The predicted molar refractivity (Wildman–Crippen MR) is 72.1 cm³/mol. The highest BCUT2D eigenvalue weighted by molar-refractivity contribution is 7.91. The monoisotopic (exact) mass is 262 g/mol. The topological polar surface area (TPSA) is 49.4 Å². The van der Waals surface area contributed by atoms with Gasteiger partial charge in [0.2, 0.25) is 0 Å². The van der Waals surface area contributed by atoms with E-state index in [1.165, 1.54) is 12.8 Å². The van der Waals surface area contributed by atoms with Crippen LogP contribution in [0.5, 0.6) is 0 Å². The van der Waals surface area contributed by atoms with E-state index in [2.05, 4.69) is 31.1 Å².